The topological polar surface area (TPSA) is 49.3 Å². The predicted octanol–water partition coefficient (Wildman–Crippen LogP) is 1.79. The average molecular weight is 319 g/mol. The zero-order valence-corrected chi connectivity index (χ0v) is 10.9. The summed E-state index contributed by atoms with van der Waals surface area (Å²) in [6, 6.07) is 7.29. The number of aliphatic hydroxyl groups excluding tert-OH is 1. The summed E-state index contributed by atoms with van der Waals surface area (Å²) in [6.45, 7) is 3.47. The zero-order chi connectivity index (χ0) is 11.5. The molecule has 1 aromatic rings. The summed E-state index contributed by atoms with van der Waals surface area (Å²) in [5, 5.41) is 11.8. The Hall–Kier alpha value is -0.620. The van der Waals surface area contributed by atoms with Gasteiger partial charge in [-0.3, -0.25) is 4.79 Å². The molecule has 3 nitrogen and oxygen atoms in total. The molecular formula is C11H14INO2. The highest BCUT2D eigenvalue weighted by atomic mass is 127. The van der Waals surface area contributed by atoms with Gasteiger partial charge in [-0.05, 0) is 60.7 Å². The highest BCUT2D eigenvalue weighted by molar-refractivity contribution is 14.1. The zero-order valence-electron chi connectivity index (χ0n) is 8.75. The molecule has 1 rings (SSSR count). The molecule has 2 N–H and O–H groups in total. The van der Waals surface area contributed by atoms with Crippen molar-refractivity contribution >= 4 is 28.5 Å². The monoisotopic (exact) mass is 319 g/mol. The number of benzene rings is 1. The molecule has 0 aliphatic rings. The van der Waals surface area contributed by atoms with E-state index in [1.807, 2.05) is 12.1 Å². The van der Waals surface area contributed by atoms with E-state index in [2.05, 4.69) is 27.9 Å². The fraction of sp³-hybridized carbons (Fsp3) is 0.364. The first kappa shape index (κ1) is 12.4. The van der Waals surface area contributed by atoms with Crippen LogP contribution < -0.4 is 5.32 Å². The number of aliphatic hydroxyl groups is 1. The van der Waals surface area contributed by atoms with Crippen LogP contribution in [0.2, 0.25) is 0 Å². The SMILES string of the molecule is CC(C)(CO)NC(=O)c1ccc(I)cc1. The lowest BCUT2D eigenvalue weighted by Gasteiger charge is -2.23. The minimum absolute atomic E-state index is 0.0802. The van der Waals surface area contributed by atoms with Crippen LogP contribution in [0, 0.1) is 3.57 Å². The van der Waals surface area contributed by atoms with Crippen LogP contribution >= 0.6 is 22.6 Å². The van der Waals surface area contributed by atoms with Crippen molar-refractivity contribution in [3.63, 3.8) is 0 Å². The molecule has 0 radical (unpaired) electrons. The van der Waals surface area contributed by atoms with Crippen LogP contribution in [-0.4, -0.2) is 23.2 Å². The van der Waals surface area contributed by atoms with Crippen LogP contribution in [0.25, 0.3) is 0 Å². The fourth-order valence-electron chi connectivity index (χ4n) is 1.02. The van der Waals surface area contributed by atoms with Gasteiger partial charge in [-0.25, -0.2) is 0 Å². The van der Waals surface area contributed by atoms with Gasteiger partial charge in [-0.1, -0.05) is 0 Å². The number of carbonyl (C=O) groups excluding carboxylic acids is 1. The average Bonchev–Trinajstić information content (AvgIpc) is 2.18. The molecule has 4 heteroatoms. The van der Waals surface area contributed by atoms with Gasteiger partial charge in [0.15, 0.2) is 0 Å². The lowest BCUT2D eigenvalue weighted by atomic mass is 10.1. The summed E-state index contributed by atoms with van der Waals surface area (Å²) in [5.41, 5.74) is 0.0250. The van der Waals surface area contributed by atoms with Crippen LogP contribution in [0.5, 0.6) is 0 Å². The molecule has 1 amide bonds. The Morgan fingerprint density at radius 2 is 1.93 bits per heavy atom. The largest absolute Gasteiger partial charge is 0.394 e. The molecule has 1 aromatic carbocycles. The Kier molecular flexibility index (Phi) is 4.10. The second-order valence-electron chi connectivity index (χ2n) is 4.00. The third kappa shape index (κ3) is 3.79. The van der Waals surface area contributed by atoms with Gasteiger partial charge in [-0.2, -0.15) is 0 Å². The Morgan fingerprint density at radius 3 is 2.40 bits per heavy atom. The van der Waals surface area contributed by atoms with Crippen molar-refractivity contribution in [2.75, 3.05) is 6.61 Å². The van der Waals surface area contributed by atoms with Crippen molar-refractivity contribution in [3.8, 4) is 0 Å². The number of nitrogens with one attached hydrogen (secondary N) is 1. The van der Waals surface area contributed by atoms with E-state index in [1.54, 1.807) is 26.0 Å². The summed E-state index contributed by atoms with van der Waals surface area (Å²) >= 11 is 2.18. The highest BCUT2D eigenvalue weighted by Gasteiger charge is 2.19. The Bertz CT molecular complexity index is 346. The third-order valence-corrected chi connectivity index (χ3v) is 2.67. The smallest absolute Gasteiger partial charge is 0.251 e. The maximum atomic E-state index is 11.7. The first-order chi connectivity index (χ1) is 6.94. The van der Waals surface area contributed by atoms with E-state index in [9.17, 15) is 4.79 Å². The van der Waals surface area contributed by atoms with Gasteiger partial charge in [0.25, 0.3) is 5.91 Å². The maximum absolute atomic E-state index is 11.7. The second kappa shape index (κ2) is 4.94. The lowest BCUT2D eigenvalue weighted by molar-refractivity contribution is 0.0869. The molecular weight excluding hydrogens is 305 g/mol. The van der Waals surface area contributed by atoms with Gasteiger partial charge in [0.1, 0.15) is 0 Å². The van der Waals surface area contributed by atoms with Crippen LogP contribution in [-0.2, 0) is 0 Å². The van der Waals surface area contributed by atoms with E-state index >= 15 is 0 Å². The van der Waals surface area contributed by atoms with Crippen LogP contribution in [0.3, 0.4) is 0 Å². The molecule has 0 saturated carbocycles. The van der Waals surface area contributed by atoms with Crippen LogP contribution in [0.4, 0.5) is 0 Å². The summed E-state index contributed by atoms with van der Waals surface area (Å²) in [6.07, 6.45) is 0. The molecule has 15 heavy (non-hydrogen) atoms. The third-order valence-electron chi connectivity index (χ3n) is 1.95. The highest BCUT2D eigenvalue weighted by Crippen LogP contribution is 2.08. The van der Waals surface area contributed by atoms with E-state index in [-0.39, 0.29) is 12.5 Å². The standard InChI is InChI=1S/C11H14INO2/c1-11(2,7-14)13-10(15)8-3-5-9(12)6-4-8/h3-6,14H,7H2,1-2H3,(H,13,15). The van der Waals surface area contributed by atoms with Crippen LogP contribution in [0.1, 0.15) is 24.2 Å². The van der Waals surface area contributed by atoms with Gasteiger partial charge >= 0.3 is 0 Å². The van der Waals surface area contributed by atoms with Crippen molar-refractivity contribution in [1.82, 2.24) is 5.32 Å². The number of halogens is 1. The minimum Gasteiger partial charge on any atom is -0.394 e. The van der Waals surface area contributed by atoms with Gasteiger partial charge in [0.05, 0.1) is 12.1 Å². The van der Waals surface area contributed by atoms with Gasteiger partial charge in [0, 0.05) is 9.13 Å². The minimum atomic E-state index is -0.583. The number of hydrogen-bond acceptors (Lipinski definition) is 2. The maximum Gasteiger partial charge on any atom is 0.251 e. The van der Waals surface area contributed by atoms with E-state index in [0.29, 0.717) is 5.56 Å². The quantitative estimate of drug-likeness (QED) is 0.835. The van der Waals surface area contributed by atoms with Crippen LogP contribution in [0.15, 0.2) is 24.3 Å². The first-order valence-electron chi connectivity index (χ1n) is 4.63. The molecule has 0 aromatic heterocycles. The molecule has 82 valence electrons. The molecule has 0 spiro atoms. The second-order valence-corrected chi connectivity index (χ2v) is 5.25. The number of rotatable bonds is 3. The number of amides is 1. The molecule has 0 aliphatic carbocycles. The lowest BCUT2D eigenvalue weighted by Crippen LogP contribution is -2.46. The number of carbonyl (C=O) groups is 1. The summed E-state index contributed by atoms with van der Waals surface area (Å²) in [4.78, 5) is 11.7. The molecule has 0 aliphatic heterocycles. The molecule has 0 atom stereocenters. The van der Waals surface area contributed by atoms with Gasteiger partial charge in [0.2, 0.25) is 0 Å². The molecule has 0 heterocycles. The molecule has 0 fully saturated rings. The Balaban J connectivity index is 2.74. The Labute approximate surface area is 103 Å². The van der Waals surface area contributed by atoms with Gasteiger partial charge in [-0.15, -0.1) is 0 Å². The first-order valence-corrected chi connectivity index (χ1v) is 5.71. The van der Waals surface area contributed by atoms with Crippen molar-refractivity contribution in [3.05, 3.63) is 33.4 Å². The van der Waals surface area contributed by atoms with Crippen molar-refractivity contribution in [1.29, 1.82) is 0 Å². The van der Waals surface area contributed by atoms with Crippen molar-refractivity contribution in [2.45, 2.75) is 19.4 Å². The Morgan fingerprint density at radius 1 is 1.40 bits per heavy atom. The van der Waals surface area contributed by atoms with E-state index in [1.165, 1.54) is 0 Å². The van der Waals surface area contributed by atoms with E-state index in [4.69, 9.17) is 5.11 Å². The van der Waals surface area contributed by atoms with Crippen molar-refractivity contribution in [2.24, 2.45) is 0 Å². The summed E-state index contributed by atoms with van der Waals surface area (Å²) < 4.78 is 1.09. The summed E-state index contributed by atoms with van der Waals surface area (Å²) in [5.74, 6) is -0.162. The van der Waals surface area contributed by atoms with E-state index < -0.39 is 5.54 Å². The van der Waals surface area contributed by atoms with Crippen molar-refractivity contribution < 1.29 is 9.90 Å². The summed E-state index contributed by atoms with van der Waals surface area (Å²) in [7, 11) is 0. The molecule has 0 saturated heterocycles. The predicted molar refractivity (Wildman–Crippen MR) is 67.8 cm³/mol. The molecule has 0 bridgehead atoms. The normalized spacial score (nSPS) is 11.2. The van der Waals surface area contributed by atoms with E-state index in [0.717, 1.165) is 3.57 Å². The van der Waals surface area contributed by atoms with Gasteiger partial charge < -0.3 is 10.4 Å². The fourth-order valence-corrected chi connectivity index (χ4v) is 1.38. The molecule has 0 unspecified atom stereocenters. The number of hydrogen-bond donors (Lipinski definition) is 2.